The molecule has 1 aliphatic heterocycles. The SMILES string of the molecule is C#CC1C(F)=CNC(=O)N1Cc1ccccc1. The van der Waals surface area contributed by atoms with Gasteiger partial charge in [-0.25, -0.2) is 9.18 Å². The van der Waals surface area contributed by atoms with Crippen molar-refractivity contribution in [2.45, 2.75) is 12.6 Å². The second kappa shape index (κ2) is 4.71. The van der Waals surface area contributed by atoms with Gasteiger partial charge >= 0.3 is 6.03 Å². The number of amides is 2. The molecule has 2 rings (SSSR count). The number of nitrogens with one attached hydrogen (secondary N) is 1. The Bertz CT molecular complexity index is 490. The molecule has 0 saturated heterocycles. The maximum absolute atomic E-state index is 13.4. The van der Waals surface area contributed by atoms with Gasteiger partial charge in [-0.3, -0.25) is 4.90 Å². The molecule has 17 heavy (non-hydrogen) atoms. The molecule has 1 aromatic rings. The van der Waals surface area contributed by atoms with Crippen LogP contribution in [0.1, 0.15) is 5.56 Å². The van der Waals surface area contributed by atoms with Crippen LogP contribution >= 0.6 is 0 Å². The van der Waals surface area contributed by atoms with E-state index < -0.39 is 17.9 Å². The molecule has 0 saturated carbocycles. The zero-order chi connectivity index (χ0) is 12.3. The van der Waals surface area contributed by atoms with Gasteiger partial charge in [0.1, 0.15) is 6.04 Å². The normalized spacial score (nSPS) is 19.3. The lowest BCUT2D eigenvalue weighted by molar-refractivity contribution is 0.182. The molecule has 2 amide bonds. The van der Waals surface area contributed by atoms with Crippen LogP contribution in [-0.4, -0.2) is 17.0 Å². The van der Waals surface area contributed by atoms with E-state index in [-0.39, 0.29) is 6.54 Å². The third kappa shape index (κ3) is 2.28. The monoisotopic (exact) mass is 230 g/mol. The molecular weight excluding hydrogens is 219 g/mol. The summed E-state index contributed by atoms with van der Waals surface area (Å²) in [6.45, 7) is 0.281. The van der Waals surface area contributed by atoms with Crippen LogP contribution in [0.4, 0.5) is 9.18 Å². The van der Waals surface area contributed by atoms with Gasteiger partial charge in [0.05, 0.1) is 0 Å². The number of nitrogens with zero attached hydrogens (tertiary/aromatic N) is 1. The lowest BCUT2D eigenvalue weighted by Gasteiger charge is -2.30. The molecule has 0 fully saturated rings. The largest absolute Gasteiger partial charge is 0.323 e. The number of terminal acetylenes is 1. The molecule has 1 aromatic carbocycles. The van der Waals surface area contributed by atoms with Crippen LogP contribution in [0.2, 0.25) is 0 Å². The summed E-state index contributed by atoms with van der Waals surface area (Å²) in [6.07, 6.45) is 6.26. The molecule has 1 N–H and O–H groups in total. The molecule has 0 aliphatic carbocycles. The molecule has 1 atom stereocenters. The quantitative estimate of drug-likeness (QED) is 0.774. The lowest BCUT2D eigenvalue weighted by atomic mass is 10.1. The Morgan fingerprint density at radius 2 is 2.12 bits per heavy atom. The highest BCUT2D eigenvalue weighted by molar-refractivity contribution is 5.78. The standard InChI is InChI=1S/C13H11FN2O/c1-2-12-11(14)8-15-13(17)16(12)9-10-6-4-3-5-7-10/h1,3-8,12H,9H2,(H,15,17). The molecule has 1 unspecified atom stereocenters. The molecular formula is C13H11FN2O. The van der Waals surface area contributed by atoms with E-state index in [2.05, 4.69) is 11.2 Å². The lowest BCUT2D eigenvalue weighted by Crippen LogP contribution is -2.47. The minimum absolute atomic E-state index is 0.281. The Kier molecular flexibility index (Phi) is 3.10. The summed E-state index contributed by atoms with van der Waals surface area (Å²) >= 11 is 0. The summed E-state index contributed by atoms with van der Waals surface area (Å²) in [5.41, 5.74) is 0.901. The number of rotatable bonds is 2. The molecule has 3 nitrogen and oxygen atoms in total. The first-order valence-electron chi connectivity index (χ1n) is 5.15. The summed E-state index contributed by atoms with van der Waals surface area (Å²) in [7, 11) is 0. The molecule has 0 aromatic heterocycles. The number of halogens is 1. The van der Waals surface area contributed by atoms with Crippen LogP contribution < -0.4 is 5.32 Å². The van der Waals surface area contributed by atoms with Crippen molar-refractivity contribution in [2.75, 3.05) is 0 Å². The first kappa shape index (κ1) is 11.2. The first-order chi connectivity index (χ1) is 8.22. The average molecular weight is 230 g/mol. The number of carbonyl (C=O) groups is 1. The predicted octanol–water partition coefficient (Wildman–Crippen LogP) is 2.02. The second-order valence-corrected chi connectivity index (χ2v) is 3.66. The smallest absolute Gasteiger partial charge is 0.312 e. The van der Waals surface area contributed by atoms with E-state index in [9.17, 15) is 9.18 Å². The number of hydrogen-bond donors (Lipinski definition) is 1. The van der Waals surface area contributed by atoms with Crippen molar-refractivity contribution in [1.82, 2.24) is 10.2 Å². The number of carbonyl (C=O) groups excluding carboxylic acids is 1. The molecule has 86 valence electrons. The number of urea groups is 1. The van der Waals surface area contributed by atoms with Gasteiger partial charge in [0, 0.05) is 12.7 Å². The summed E-state index contributed by atoms with van der Waals surface area (Å²) in [4.78, 5) is 12.9. The van der Waals surface area contributed by atoms with Gasteiger partial charge < -0.3 is 5.32 Å². The maximum atomic E-state index is 13.4. The topological polar surface area (TPSA) is 32.3 Å². The van der Waals surface area contributed by atoms with Gasteiger partial charge in [-0.15, -0.1) is 6.42 Å². The van der Waals surface area contributed by atoms with Crippen LogP contribution in [0.3, 0.4) is 0 Å². The number of hydrogen-bond acceptors (Lipinski definition) is 1. The van der Waals surface area contributed by atoms with Crippen LogP contribution in [0, 0.1) is 12.3 Å². The van der Waals surface area contributed by atoms with Crippen molar-refractivity contribution >= 4 is 6.03 Å². The van der Waals surface area contributed by atoms with Crippen molar-refractivity contribution in [3.8, 4) is 12.3 Å². The van der Waals surface area contributed by atoms with Gasteiger partial charge in [0.15, 0.2) is 5.83 Å². The van der Waals surface area contributed by atoms with Crippen LogP contribution in [-0.2, 0) is 6.54 Å². The van der Waals surface area contributed by atoms with E-state index in [1.54, 1.807) is 0 Å². The summed E-state index contributed by atoms with van der Waals surface area (Å²) in [5, 5.41) is 2.32. The minimum atomic E-state index is -0.927. The Morgan fingerprint density at radius 3 is 2.76 bits per heavy atom. The fraction of sp³-hybridized carbons (Fsp3) is 0.154. The van der Waals surface area contributed by atoms with Crippen molar-refractivity contribution in [2.24, 2.45) is 0 Å². The van der Waals surface area contributed by atoms with Crippen LogP contribution in [0.5, 0.6) is 0 Å². The van der Waals surface area contributed by atoms with Gasteiger partial charge in [-0.1, -0.05) is 36.3 Å². The average Bonchev–Trinajstić information content (AvgIpc) is 2.35. The van der Waals surface area contributed by atoms with E-state index in [0.717, 1.165) is 11.8 Å². The predicted molar refractivity (Wildman–Crippen MR) is 62.3 cm³/mol. The molecule has 4 heteroatoms. The van der Waals surface area contributed by atoms with E-state index in [4.69, 9.17) is 6.42 Å². The maximum Gasteiger partial charge on any atom is 0.323 e. The van der Waals surface area contributed by atoms with Crippen molar-refractivity contribution in [3.05, 3.63) is 47.9 Å². The second-order valence-electron chi connectivity index (χ2n) is 3.66. The van der Waals surface area contributed by atoms with E-state index in [1.165, 1.54) is 4.90 Å². The molecule has 0 spiro atoms. The van der Waals surface area contributed by atoms with Crippen molar-refractivity contribution in [1.29, 1.82) is 0 Å². The molecule has 1 aliphatic rings. The Morgan fingerprint density at radius 1 is 1.41 bits per heavy atom. The zero-order valence-corrected chi connectivity index (χ0v) is 9.06. The Labute approximate surface area is 98.9 Å². The highest BCUT2D eigenvalue weighted by Crippen LogP contribution is 2.18. The molecule has 1 heterocycles. The third-order valence-corrected chi connectivity index (χ3v) is 2.52. The van der Waals surface area contributed by atoms with Crippen molar-refractivity contribution < 1.29 is 9.18 Å². The van der Waals surface area contributed by atoms with E-state index >= 15 is 0 Å². The minimum Gasteiger partial charge on any atom is -0.312 e. The highest BCUT2D eigenvalue weighted by atomic mass is 19.1. The Balaban J connectivity index is 2.22. The first-order valence-corrected chi connectivity index (χ1v) is 5.15. The van der Waals surface area contributed by atoms with E-state index in [0.29, 0.717) is 0 Å². The van der Waals surface area contributed by atoms with Crippen LogP contribution in [0.25, 0.3) is 0 Å². The van der Waals surface area contributed by atoms with Gasteiger partial charge in [-0.05, 0) is 5.56 Å². The van der Waals surface area contributed by atoms with E-state index in [1.807, 2.05) is 30.3 Å². The van der Waals surface area contributed by atoms with Crippen molar-refractivity contribution in [3.63, 3.8) is 0 Å². The number of benzene rings is 1. The van der Waals surface area contributed by atoms with Crippen LogP contribution in [0.15, 0.2) is 42.4 Å². The third-order valence-electron chi connectivity index (χ3n) is 2.52. The molecule has 0 radical (unpaired) electrons. The fourth-order valence-electron chi connectivity index (χ4n) is 1.67. The fourth-order valence-corrected chi connectivity index (χ4v) is 1.67. The Hall–Kier alpha value is -2.28. The zero-order valence-electron chi connectivity index (χ0n) is 9.06. The highest BCUT2D eigenvalue weighted by Gasteiger charge is 2.29. The molecule has 0 bridgehead atoms. The summed E-state index contributed by atoms with van der Waals surface area (Å²) < 4.78 is 13.4. The van der Waals surface area contributed by atoms with Gasteiger partial charge in [0.2, 0.25) is 0 Å². The summed E-state index contributed by atoms with van der Waals surface area (Å²) in [6, 6.07) is 7.98. The van der Waals surface area contributed by atoms with Gasteiger partial charge in [-0.2, -0.15) is 0 Å². The van der Waals surface area contributed by atoms with Gasteiger partial charge in [0.25, 0.3) is 0 Å². The summed E-state index contributed by atoms with van der Waals surface area (Å²) in [5.74, 6) is 1.75.